The van der Waals surface area contributed by atoms with Crippen LogP contribution in [-0.4, -0.2) is 6.67 Å². The molecule has 0 spiro atoms. The van der Waals surface area contributed by atoms with Crippen molar-refractivity contribution in [3.8, 4) is 0 Å². The third kappa shape index (κ3) is 3.78. The van der Waals surface area contributed by atoms with Gasteiger partial charge in [-0.1, -0.05) is 11.6 Å². The van der Waals surface area contributed by atoms with Crippen molar-refractivity contribution in [2.24, 2.45) is 5.73 Å². The first-order valence-electron chi connectivity index (χ1n) is 3.91. The van der Waals surface area contributed by atoms with E-state index in [2.05, 4.69) is 0 Å². The number of alkyl halides is 1. The fourth-order valence-electron chi connectivity index (χ4n) is 1.07. The zero-order valence-electron chi connectivity index (χ0n) is 7.34. The lowest BCUT2D eigenvalue weighted by Crippen LogP contribution is -2.11. The Bertz CT molecular complexity index is 274. The summed E-state index contributed by atoms with van der Waals surface area (Å²) in [6.45, 7) is -0.519. The summed E-state index contributed by atoms with van der Waals surface area (Å²) >= 11 is 5.61. The summed E-state index contributed by atoms with van der Waals surface area (Å²) in [6.07, 6.45) is 0.180. The maximum atomic E-state index is 12.8. The second-order valence-electron chi connectivity index (χ2n) is 2.79. The van der Waals surface area contributed by atoms with Gasteiger partial charge < -0.3 is 5.73 Å². The summed E-state index contributed by atoms with van der Waals surface area (Å²) < 4.78 is 24.7. The van der Waals surface area contributed by atoms with E-state index >= 15 is 0 Å². The largest absolute Gasteiger partial charge is 0.324 e. The smallest absolute Gasteiger partial charge is 0.125 e. The zero-order chi connectivity index (χ0) is 9.84. The molecule has 80 valence electrons. The van der Waals surface area contributed by atoms with Crippen LogP contribution < -0.4 is 5.73 Å². The van der Waals surface area contributed by atoms with Crippen molar-refractivity contribution in [2.45, 2.75) is 12.5 Å². The molecule has 0 aromatic heterocycles. The fourth-order valence-corrected chi connectivity index (χ4v) is 1.30. The number of nitrogens with two attached hydrogens (primary N) is 1. The molecule has 0 saturated heterocycles. The molecule has 0 saturated carbocycles. The van der Waals surface area contributed by atoms with Crippen LogP contribution in [0.1, 0.15) is 18.0 Å². The maximum absolute atomic E-state index is 12.8. The van der Waals surface area contributed by atoms with Crippen LogP contribution in [0.2, 0.25) is 5.02 Å². The lowest BCUT2D eigenvalue weighted by Gasteiger charge is -2.09. The Morgan fingerprint density at radius 1 is 1.36 bits per heavy atom. The molecule has 5 heteroatoms. The van der Waals surface area contributed by atoms with E-state index in [1.165, 1.54) is 12.1 Å². The van der Waals surface area contributed by atoms with Gasteiger partial charge in [-0.2, -0.15) is 0 Å². The van der Waals surface area contributed by atoms with E-state index in [1.54, 1.807) is 6.07 Å². The van der Waals surface area contributed by atoms with E-state index in [-0.39, 0.29) is 23.9 Å². The summed E-state index contributed by atoms with van der Waals surface area (Å²) in [5, 5.41) is 0.282. The fraction of sp³-hybridized carbons (Fsp3) is 0.333. The number of hydrogen-bond acceptors (Lipinski definition) is 1. The molecule has 0 heterocycles. The Hall–Kier alpha value is -0.380. The average molecular weight is 242 g/mol. The van der Waals surface area contributed by atoms with Gasteiger partial charge in [-0.05, 0) is 30.2 Å². The molecule has 0 fully saturated rings. The molecular weight excluding hydrogens is 231 g/mol. The van der Waals surface area contributed by atoms with Gasteiger partial charge in [-0.25, -0.2) is 4.39 Å². The molecule has 2 N–H and O–H groups in total. The predicted molar refractivity (Wildman–Crippen MR) is 56.2 cm³/mol. The average Bonchev–Trinajstić information content (AvgIpc) is 2.03. The summed E-state index contributed by atoms with van der Waals surface area (Å²) in [5.41, 5.74) is 6.11. The van der Waals surface area contributed by atoms with Crippen molar-refractivity contribution >= 4 is 24.0 Å². The van der Waals surface area contributed by atoms with E-state index < -0.39 is 18.5 Å². The molecular formula is C9H11Cl2F2N. The van der Waals surface area contributed by atoms with Gasteiger partial charge in [0, 0.05) is 11.1 Å². The minimum Gasteiger partial charge on any atom is -0.324 e. The lowest BCUT2D eigenvalue weighted by molar-refractivity contribution is 0.441. The quantitative estimate of drug-likeness (QED) is 0.864. The summed E-state index contributed by atoms with van der Waals surface area (Å²) in [4.78, 5) is 0. The van der Waals surface area contributed by atoms with Crippen LogP contribution in [0.3, 0.4) is 0 Å². The molecule has 0 aliphatic heterocycles. The van der Waals surface area contributed by atoms with Gasteiger partial charge in [0.2, 0.25) is 0 Å². The van der Waals surface area contributed by atoms with Gasteiger partial charge in [0.15, 0.2) is 0 Å². The zero-order valence-corrected chi connectivity index (χ0v) is 8.92. The van der Waals surface area contributed by atoms with Gasteiger partial charge in [0.05, 0.1) is 6.67 Å². The van der Waals surface area contributed by atoms with Crippen LogP contribution in [-0.2, 0) is 0 Å². The Labute approximate surface area is 92.7 Å². The molecule has 1 atom stereocenters. The third-order valence-corrected chi connectivity index (χ3v) is 1.95. The van der Waals surface area contributed by atoms with Crippen LogP contribution >= 0.6 is 24.0 Å². The first-order valence-corrected chi connectivity index (χ1v) is 4.29. The SMILES string of the molecule is Cl.N[C@@H](CCF)c1cc(F)cc(Cl)c1. The monoisotopic (exact) mass is 241 g/mol. The highest BCUT2D eigenvalue weighted by Crippen LogP contribution is 2.20. The van der Waals surface area contributed by atoms with Gasteiger partial charge in [-0.3, -0.25) is 4.39 Å². The number of rotatable bonds is 3. The van der Waals surface area contributed by atoms with E-state index in [4.69, 9.17) is 17.3 Å². The van der Waals surface area contributed by atoms with Crippen LogP contribution in [0.4, 0.5) is 8.78 Å². The Balaban J connectivity index is 0.00000169. The Morgan fingerprint density at radius 3 is 2.50 bits per heavy atom. The highest BCUT2D eigenvalue weighted by atomic mass is 35.5. The molecule has 1 nitrogen and oxygen atoms in total. The van der Waals surface area contributed by atoms with Crippen LogP contribution in [0.5, 0.6) is 0 Å². The van der Waals surface area contributed by atoms with E-state index in [0.29, 0.717) is 5.56 Å². The standard InChI is InChI=1S/C9H10ClF2N.ClH/c10-7-3-6(4-8(12)5-7)9(13)1-2-11;/h3-5,9H,1-2,13H2;1H/t9-;/m0./s1. The van der Waals surface area contributed by atoms with Crippen molar-refractivity contribution in [2.75, 3.05) is 6.67 Å². The Morgan fingerprint density at radius 2 is 2.00 bits per heavy atom. The van der Waals surface area contributed by atoms with Crippen LogP contribution in [0.15, 0.2) is 18.2 Å². The minimum atomic E-state index is -0.519. The highest BCUT2D eigenvalue weighted by Gasteiger charge is 2.07. The molecule has 1 aromatic carbocycles. The van der Waals surface area contributed by atoms with E-state index in [1.807, 2.05) is 0 Å². The summed E-state index contributed by atoms with van der Waals surface area (Å²) in [6, 6.07) is 3.52. The van der Waals surface area contributed by atoms with Gasteiger partial charge in [0.25, 0.3) is 0 Å². The highest BCUT2D eigenvalue weighted by molar-refractivity contribution is 6.30. The lowest BCUT2D eigenvalue weighted by atomic mass is 10.1. The maximum Gasteiger partial charge on any atom is 0.125 e. The van der Waals surface area contributed by atoms with Crippen molar-refractivity contribution in [1.82, 2.24) is 0 Å². The number of benzene rings is 1. The van der Waals surface area contributed by atoms with Gasteiger partial charge in [0.1, 0.15) is 5.82 Å². The molecule has 0 bridgehead atoms. The second-order valence-corrected chi connectivity index (χ2v) is 3.22. The van der Waals surface area contributed by atoms with Crippen molar-refractivity contribution in [3.05, 3.63) is 34.6 Å². The molecule has 0 aliphatic rings. The van der Waals surface area contributed by atoms with E-state index in [9.17, 15) is 8.78 Å². The van der Waals surface area contributed by atoms with Crippen LogP contribution in [0.25, 0.3) is 0 Å². The summed E-state index contributed by atoms with van der Waals surface area (Å²) in [5.74, 6) is -0.447. The van der Waals surface area contributed by atoms with E-state index in [0.717, 1.165) is 0 Å². The minimum absolute atomic E-state index is 0. The molecule has 1 aromatic rings. The second kappa shape index (κ2) is 6.17. The molecule has 0 amide bonds. The number of hydrogen-bond donors (Lipinski definition) is 1. The van der Waals surface area contributed by atoms with Crippen molar-refractivity contribution in [3.63, 3.8) is 0 Å². The molecule has 1 rings (SSSR count). The van der Waals surface area contributed by atoms with Crippen LogP contribution in [0, 0.1) is 5.82 Å². The van der Waals surface area contributed by atoms with Crippen molar-refractivity contribution in [1.29, 1.82) is 0 Å². The molecule has 0 radical (unpaired) electrons. The van der Waals surface area contributed by atoms with Gasteiger partial charge >= 0.3 is 0 Å². The predicted octanol–water partition coefficient (Wildman–Crippen LogP) is 3.26. The normalized spacial score (nSPS) is 12.0. The summed E-state index contributed by atoms with van der Waals surface area (Å²) in [7, 11) is 0. The first-order chi connectivity index (χ1) is 6.13. The van der Waals surface area contributed by atoms with Gasteiger partial charge in [-0.15, -0.1) is 12.4 Å². The third-order valence-electron chi connectivity index (χ3n) is 1.73. The topological polar surface area (TPSA) is 26.0 Å². The molecule has 14 heavy (non-hydrogen) atoms. The molecule has 0 aliphatic carbocycles. The first kappa shape index (κ1) is 13.6. The Kier molecular flexibility index (Phi) is 6.00. The molecule has 0 unspecified atom stereocenters. The van der Waals surface area contributed by atoms with Crippen molar-refractivity contribution < 1.29 is 8.78 Å². The number of halogens is 4.